The van der Waals surface area contributed by atoms with Crippen LogP contribution in [0.1, 0.15) is 5.69 Å². The van der Waals surface area contributed by atoms with Crippen LogP contribution in [0, 0.1) is 0 Å². The Kier molecular flexibility index (Phi) is 1.90. The van der Waals surface area contributed by atoms with E-state index < -0.39 is 0 Å². The molecule has 5 heteroatoms. The Bertz CT molecular complexity index is 410. The quantitative estimate of drug-likeness (QED) is 0.663. The molecule has 2 aromatic heterocycles. The molecule has 0 saturated carbocycles. The normalized spacial score (nSPS) is 10.8. The number of nitrogens with zero attached hydrogens (tertiary/aromatic N) is 3. The molecule has 0 atom stereocenters. The molecule has 0 aliphatic carbocycles. The van der Waals surface area contributed by atoms with Crippen LogP contribution in [0.5, 0.6) is 0 Å². The molecule has 0 saturated heterocycles. The van der Waals surface area contributed by atoms with Crippen LogP contribution in [-0.2, 0) is 5.88 Å². The third kappa shape index (κ3) is 1.15. The van der Waals surface area contributed by atoms with Gasteiger partial charge in [-0.3, -0.25) is 4.40 Å². The van der Waals surface area contributed by atoms with E-state index in [-0.39, 0.29) is 0 Å². The number of imidazole rings is 1. The lowest BCUT2D eigenvalue weighted by Gasteiger charge is -1.95. The van der Waals surface area contributed by atoms with Crippen LogP contribution in [0.3, 0.4) is 0 Å². The summed E-state index contributed by atoms with van der Waals surface area (Å²) < 4.78 is 1.77. The van der Waals surface area contributed by atoms with Crippen molar-refractivity contribution in [3.63, 3.8) is 0 Å². The van der Waals surface area contributed by atoms with E-state index in [1.165, 1.54) is 0 Å². The van der Waals surface area contributed by atoms with Crippen molar-refractivity contribution >= 4 is 29.0 Å². The van der Waals surface area contributed by atoms with E-state index in [2.05, 4.69) is 9.97 Å². The Morgan fingerprint density at radius 1 is 1.33 bits per heavy atom. The molecule has 12 heavy (non-hydrogen) atoms. The Labute approximate surface area is 79.0 Å². The van der Waals surface area contributed by atoms with Crippen molar-refractivity contribution in [3.8, 4) is 0 Å². The van der Waals surface area contributed by atoms with Crippen molar-refractivity contribution < 1.29 is 0 Å². The summed E-state index contributed by atoms with van der Waals surface area (Å²) in [6.45, 7) is 0. The van der Waals surface area contributed by atoms with Gasteiger partial charge in [-0.2, -0.15) is 0 Å². The molecular weight excluding hydrogens is 197 g/mol. The summed E-state index contributed by atoms with van der Waals surface area (Å²) in [6, 6.07) is 0. The molecule has 0 amide bonds. The number of fused-ring (bicyclic) bond motifs is 1. The standard InChI is InChI=1S/C7H5Cl2N3/c8-1-6-3-11-7-10-2-5(9)4-12(6)7/h2-4H,1H2. The second kappa shape index (κ2) is 2.92. The van der Waals surface area contributed by atoms with Gasteiger partial charge in [0.1, 0.15) is 0 Å². The fourth-order valence-corrected chi connectivity index (χ4v) is 1.34. The van der Waals surface area contributed by atoms with Crippen molar-refractivity contribution in [2.45, 2.75) is 5.88 Å². The van der Waals surface area contributed by atoms with Gasteiger partial charge in [-0.1, -0.05) is 11.6 Å². The summed E-state index contributed by atoms with van der Waals surface area (Å²) in [4.78, 5) is 8.05. The second-order valence-electron chi connectivity index (χ2n) is 2.33. The first-order valence-electron chi connectivity index (χ1n) is 3.34. The predicted molar refractivity (Wildman–Crippen MR) is 47.6 cm³/mol. The van der Waals surface area contributed by atoms with Crippen molar-refractivity contribution in [3.05, 3.63) is 29.3 Å². The molecule has 2 heterocycles. The van der Waals surface area contributed by atoms with Gasteiger partial charge in [0.15, 0.2) is 0 Å². The zero-order valence-electron chi connectivity index (χ0n) is 6.04. The molecule has 0 aromatic carbocycles. The van der Waals surface area contributed by atoms with Gasteiger partial charge in [-0.15, -0.1) is 11.6 Å². The fraction of sp³-hybridized carbons (Fsp3) is 0.143. The zero-order valence-corrected chi connectivity index (χ0v) is 7.55. The highest BCUT2D eigenvalue weighted by Crippen LogP contribution is 2.11. The van der Waals surface area contributed by atoms with E-state index in [9.17, 15) is 0 Å². The van der Waals surface area contributed by atoms with E-state index in [1.807, 2.05) is 0 Å². The van der Waals surface area contributed by atoms with Gasteiger partial charge in [-0.25, -0.2) is 9.97 Å². The summed E-state index contributed by atoms with van der Waals surface area (Å²) in [7, 11) is 0. The van der Waals surface area contributed by atoms with E-state index in [0.717, 1.165) is 5.69 Å². The topological polar surface area (TPSA) is 30.2 Å². The molecule has 0 N–H and O–H groups in total. The molecular formula is C7H5Cl2N3. The Hall–Kier alpha value is -0.800. The van der Waals surface area contributed by atoms with Gasteiger partial charge in [-0.05, 0) is 0 Å². The van der Waals surface area contributed by atoms with Crippen molar-refractivity contribution in [2.24, 2.45) is 0 Å². The van der Waals surface area contributed by atoms with E-state index in [0.29, 0.717) is 16.7 Å². The monoisotopic (exact) mass is 201 g/mol. The SMILES string of the molecule is ClCc1cnc2ncc(Cl)cn12. The third-order valence-electron chi connectivity index (χ3n) is 1.55. The first-order chi connectivity index (χ1) is 5.81. The minimum Gasteiger partial charge on any atom is -0.285 e. The molecule has 2 aromatic rings. The number of halogens is 2. The molecule has 0 fully saturated rings. The van der Waals surface area contributed by atoms with Crippen LogP contribution in [-0.4, -0.2) is 14.4 Å². The summed E-state index contributed by atoms with van der Waals surface area (Å²) in [5.41, 5.74) is 0.890. The minimum absolute atomic E-state index is 0.406. The van der Waals surface area contributed by atoms with Crippen LogP contribution in [0.15, 0.2) is 18.6 Å². The highest BCUT2D eigenvalue weighted by molar-refractivity contribution is 6.30. The summed E-state index contributed by atoms with van der Waals surface area (Å²) >= 11 is 11.4. The smallest absolute Gasteiger partial charge is 0.234 e. The van der Waals surface area contributed by atoms with Gasteiger partial charge < -0.3 is 0 Å². The molecule has 2 rings (SSSR count). The lowest BCUT2D eigenvalue weighted by Crippen LogP contribution is -1.91. The van der Waals surface area contributed by atoms with E-state index >= 15 is 0 Å². The molecule has 62 valence electrons. The number of aromatic nitrogens is 3. The van der Waals surface area contributed by atoms with Crippen molar-refractivity contribution in [1.82, 2.24) is 14.4 Å². The maximum absolute atomic E-state index is 5.75. The van der Waals surface area contributed by atoms with Crippen LogP contribution >= 0.6 is 23.2 Å². The minimum atomic E-state index is 0.406. The highest BCUT2D eigenvalue weighted by atomic mass is 35.5. The van der Waals surface area contributed by atoms with E-state index in [4.69, 9.17) is 23.2 Å². The average molecular weight is 202 g/mol. The molecule has 0 bridgehead atoms. The first kappa shape index (κ1) is 7.83. The second-order valence-corrected chi connectivity index (χ2v) is 3.03. The van der Waals surface area contributed by atoms with Gasteiger partial charge in [0.2, 0.25) is 5.78 Å². The first-order valence-corrected chi connectivity index (χ1v) is 4.26. The number of hydrogen-bond acceptors (Lipinski definition) is 2. The van der Waals surface area contributed by atoms with Crippen LogP contribution in [0.25, 0.3) is 5.78 Å². The highest BCUT2D eigenvalue weighted by Gasteiger charge is 2.02. The van der Waals surface area contributed by atoms with Crippen LogP contribution < -0.4 is 0 Å². The fourth-order valence-electron chi connectivity index (χ4n) is 0.996. The summed E-state index contributed by atoms with van der Waals surface area (Å²) in [5, 5.41) is 0.576. The van der Waals surface area contributed by atoms with Gasteiger partial charge in [0, 0.05) is 6.20 Å². The van der Waals surface area contributed by atoms with Crippen LogP contribution in [0.2, 0.25) is 5.02 Å². The average Bonchev–Trinajstić information content (AvgIpc) is 2.46. The number of rotatable bonds is 1. The van der Waals surface area contributed by atoms with Crippen molar-refractivity contribution in [2.75, 3.05) is 0 Å². The van der Waals surface area contributed by atoms with Gasteiger partial charge in [0.25, 0.3) is 0 Å². The Balaban J connectivity index is 2.75. The third-order valence-corrected chi connectivity index (χ3v) is 2.02. The predicted octanol–water partition coefficient (Wildman–Crippen LogP) is 2.12. The largest absolute Gasteiger partial charge is 0.285 e. The van der Waals surface area contributed by atoms with Crippen LogP contribution in [0.4, 0.5) is 0 Å². The maximum atomic E-state index is 5.75. The molecule has 0 radical (unpaired) electrons. The lowest BCUT2D eigenvalue weighted by atomic mass is 10.5. The Morgan fingerprint density at radius 3 is 2.83 bits per heavy atom. The lowest BCUT2D eigenvalue weighted by molar-refractivity contribution is 1.05. The van der Waals surface area contributed by atoms with E-state index in [1.54, 1.807) is 23.0 Å². The van der Waals surface area contributed by atoms with Gasteiger partial charge >= 0.3 is 0 Å². The van der Waals surface area contributed by atoms with Gasteiger partial charge in [0.05, 0.1) is 29.0 Å². The number of alkyl halides is 1. The zero-order chi connectivity index (χ0) is 8.55. The maximum Gasteiger partial charge on any atom is 0.234 e. The Morgan fingerprint density at radius 2 is 2.08 bits per heavy atom. The molecule has 0 aliphatic rings. The molecule has 0 aliphatic heterocycles. The molecule has 0 unspecified atom stereocenters. The van der Waals surface area contributed by atoms with Crippen molar-refractivity contribution in [1.29, 1.82) is 0 Å². The number of hydrogen-bond donors (Lipinski definition) is 0. The molecule has 3 nitrogen and oxygen atoms in total. The molecule has 0 spiro atoms. The summed E-state index contributed by atoms with van der Waals surface area (Å²) in [5.74, 6) is 1.03. The summed E-state index contributed by atoms with van der Waals surface area (Å²) in [6.07, 6.45) is 4.99.